The highest BCUT2D eigenvalue weighted by Crippen LogP contribution is 1.98. The van der Waals surface area contributed by atoms with Crippen LogP contribution in [0.1, 0.15) is 31.5 Å². The molecule has 0 aromatic carbocycles. The number of hydrogen-bond acceptors (Lipinski definition) is 1. The van der Waals surface area contributed by atoms with Crippen molar-refractivity contribution in [3.05, 3.63) is 11.6 Å². The maximum atomic E-state index is 4.31. The Labute approximate surface area is 67.7 Å². The molecule has 3 heteroatoms. The summed E-state index contributed by atoms with van der Waals surface area (Å²) in [6, 6.07) is 0.503. The van der Waals surface area contributed by atoms with Crippen LogP contribution < -0.4 is 4.57 Å². The minimum Gasteiger partial charge on any atom is -0.230 e. The molecule has 0 fully saturated rings. The van der Waals surface area contributed by atoms with Crippen molar-refractivity contribution in [2.75, 3.05) is 0 Å². The third kappa shape index (κ3) is 1.27. The fourth-order valence-electron chi connectivity index (χ4n) is 1.48. The molecular formula is C8H16N3+. The van der Waals surface area contributed by atoms with Crippen LogP contribution >= 0.6 is 0 Å². The fourth-order valence-corrected chi connectivity index (χ4v) is 1.48. The lowest BCUT2D eigenvalue weighted by molar-refractivity contribution is -0.728. The molecule has 11 heavy (non-hydrogen) atoms. The monoisotopic (exact) mass is 154 g/mol. The van der Waals surface area contributed by atoms with Gasteiger partial charge in [-0.25, -0.2) is 4.57 Å². The van der Waals surface area contributed by atoms with Gasteiger partial charge in [0.05, 0.1) is 13.1 Å². The summed E-state index contributed by atoms with van der Waals surface area (Å²) in [5.74, 6) is 2.29. The van der Waals surface area contributed by atoms with Crippen LogP contribution in [-0.4, -0.2) is 9.78 Å². The normalized spacial score (nSPS) is 11.1. The van der Waals surface area contributed by atoms with E-state index < -0.39 is 0 Å². The quantitative estimate of drug-likeness (QED) is 0.551. The Bertz CT molecular complexity index is 261. The average Bonchev–Trinajstić information content (AvgIpc) is 2.07. The van der Waals surface area contributed by atoms with Gasteiger partial charge in [0.2, 0.25) is 5.82 Å². The van der Waals surface area contributed by atoms with Gasteiger partial charge in [0, 0.05) is 18.9 Å². The van der Waals surface area contributed by atoms with E-state index in [1.54, 1.807) is 0 Å². The number of hydrogen-bond donors (Lipinski definition) is 0. The maximum Gasteiger partial charge on any atom is 0.274 e. The molecule has 0 unspecified atom stereocenters. The maximum absolute atomic E-state index is 4.31. The van der Waals surface area contributed by atoms with Crippen LogP contribution in [0.25, 0.3) is 0 Å². The van der Waals surface area contributed by atoms with Crippen molar-refractivity contribution in [1.29, 1.82) is 0 Å². The molecule has 1 heterocycles. The van der Waals surface area contributed by atoms with Crippen LogP contribution in [-0.2, 0) is 7.05 Å². The first kappa shape index (κ1) is 8.24. The molecule has 0 amide bonds. The highest BCUT2D eigenvalue weighted by Gasteiger charge is 2.17. The predicted molar refractivity (Wildman–Crippen MR) is 43.3 cm³/mol. The summed E-state index contributed by atoms with van der Waals surface area (Å²) >= 11 is 0. The van der Waals surface area contributed by atoms with Crippen LogP contribution in [0.4, 0.5) is 0 Å². The average molecular weight is 154 g/mol. The van der Waals surface area contributed by atoms with Gasteiger partial charge in [0.15, 0.2) is 0 Å². The van der Waals surface area contributed by atoms with Gasteiger partial charge in [-0.15, -0.1) is 4.68 Å². The Morgan fingerprint density at radius 3 is 2.09 bits per heavy atom. The van der Waals surface area contributed by atoms with Crippen molar-refractivity contribution in [2.45, 2.75) is 33.7 Å². The van der Waals surface area contributed by atoms with Crippen molar-refractivity contribution in [1.82, 2.24) is 9.78 Å². The second-order valence-corrected chi connectivity index (χ2v) is 3.18. The lowest BCUT2D eigenvalue weighted by Crippen LogP contribution is -2.40. The van der Waals surface area contributed by atoms with E-state index in [-0.39, 0.29) is 0 Å². The van der Waals surface area contributed by atoms with Crippen LogP contribution in [0.2, 0.25) is 0 Å². The third-order valence-electron chi connectivity index (χ3n) is 1.98. The standard InChI is InChI=1S/C8H16N3/c1-6(2)11-7(3)9-10(5)8(11)4/h6H,1-5H3/q+1. The first-order chi connectivity index (χ1) is 5.04. The largest absolute Gasteiger partial charge is 0.274 e. The van der Waals surface area contributed by atoms with Crippen molar-refractivity contribution < 1.29 is 4.57 Å². The molecule has 0 saturated carbocycles. The van der Waals surface area contributed by atoms with Crippen LogP contribution in [0.5, 0.6) is 0 Å². The first-order valence-corrected chi connectivity index (χ1v) is 3.95. The van der Waals surface area contributed by atoms with Crippen molar-refractivity contribution >= 4 is 0 Å². The molecule has 0 N–H and O–H groups in total. The van der Waals surface area contributed by atoms with Gasteiger partial charge in [-0.1, -0.05) is 0 Å². The summed E-state index contributed by atoms with van der Waals surface area (Å²) < 4.78 is 4.13. The Morgan fingerprint density at radius 1 is 1.36 bits per heavy atom. The lowest BCUT2D eigenvalue weighted by atomic mass is 10.3. The molecule has 0 bridgehead atoms. The van der Waals surface area contributed by atoms with E-state index in [9.17, 15) is 0 Å². The second kappa shape index (κ2) is 2.64. The van der Waals surface area contributed by atoms with Crippen molar-refractivity contribution in [2.24, 2.45) is 7.05 Å². The van der Waals surface area contributed by atoms with E-state index in [1.165, 1.54) is 5.82 Å². The molecule has 0 spiro atoms. The van der Waals surface area contributed by atoms with Crippen molar-refractivity contribution in [3.8, 4) is 0 Å². The first-order valence-electron chi connectivity index (χ1n) is 3.95. The van der Waals surface area contributed by atoms with E-state index >= 15 is 0 Å². The van der Waals surface area contributed by atoms with Crippen molar-refractivity contribution in [3.63, 3.8) is 0 Å². The molecule has 1 aromatic heterocycles. The smallest absolute Gasteiger partial charge is 0.230 e. The molecular weight excluding hydrogens is 138 g/mol. The number of aromatic nitrogens is 3. The van der Waals surface area contributed by atoms with Crippen LogP contribution in [0, 0.1) is 13.8 Å². The molecule has 0 aliphatic heterocycles. The summed E-state index contributed by atoms with van der Waals surface area (Å²) in [5, 5.41) is 4.31. The van der Waals surface area contributed by atoms with E-state index in [0.717, 1.165) is 5.82 Å². The molecule has 0 atom stereocenters. The van der Waals surface area contributed by atoms with Gasteiger partial charge in [-0.2, -0.15) is 0 Å². The highest BCUT2D eigenvalue weighted by atomic mass is 15.4. The van der Waals surface area contributed by atoms with Gasteiger partial charge in [0.25, 0.3) is 5.82 Å². The van der Waals surface area contributed by atoms with Gasteiger partial charge < -0.3 is 0 Å². The topological polar surface area (TPSA) is 21.7 Å². The molecule has 0 saturated heterocycles. The Morgan fingerprint density at radius 2 is 1.91 bits per heavy atom. The minimum atomic E-state index is 0.503. The lowest BCUT2D eigenvalue weighted by Gasteiger charge is -2.02. The predicted octanol–water partition coefficient (Wildman–Crippen LogP) is 0.905. The minimum absolute atomic E-state index is 0.503. The Kier molecular flexibility index (Phi) is 1.98. The summed E-state index contributed by atoms with van der Waals surface area (Å²) in [6.07, 6.45) is 0. The van der Waals surface area contributed by atoms with Crippen LogP contribution in [0.3, 0.4) is 0 Å². The molecule has 3 nitrogen and oxygen atoms in total. The van der Waals surface area contributed by atoms with E-state index in [2.05, 4.69) is 30.4 Å². The molecule has 0 radical (unpaired) electrons. The van der Waals surface area contributed by atoms with E-state index in [4.69, 9.17) is 0 Å². The Balaban J connectivity index is 3.22. The van der Waals surface area contributed by atoms with Gasteiger partial charge in [0.1, 0.15) is 0 Å². The summed E-state index contributed by atoms with van der Waals surface area (Å²) in [5.41, 5.74) is 0. The fraction of sp³-hybridized carbons (Fsp3) is 0.750. The third-order valence-corrected chi connectivity index (χ3v) is 1.98. The zero-order valence-electron chi connectivity index (χ0n) is 7.92. The summed E-state index contributed by atoms with van der Waals surface area (Å²) in [4.78, 5) is 0. The molecule has 1 aromatic rings. The molecule has 62 valence electrons. The second-order valence-electron chi connectivity index (χ2n) is 3.18. The van der Waals surface area contributed by atoms with E-state index in [0.29, 0.717) is 6.04 Å². The number of rotatable bonds is 1. The van der Waals surface area contributed by atoms with Gasteiger partial charge >= 0.3 is 0 Å². The zero-order chi connectivity index (χ0) is 8.59. The van der Waals surface area contributed by atoms with E-state index in [1.807, 2.05) is 18.7 Å². The van der Waals surface area contributed by atoms with Gasteiger partial charge in [-0.05, 0) is 13.8 Å². The Hall–Kier alpha value is -0.860. The van der Waals surface area contributed by atoms with Gasteiger partial charge in [-0.3, -0.25) is 0 Å². The molecule has 0 aliphatic rings. The number of nitrogens with zero attached hydrogens (tertiary/aromatic N) is 3. The number of aryl methyl sites for hydroxylation is 2. The molecule has 1 rings (SSSR count). The summed E-state index contributed by atoms with van der Waals surface area (Å²) in [6.45, 7) is 8.45. The molecule has 0 aliphatic carbocycles. The summed E-state index contributed by atoms with van der Waals surface area (Å²) in [7, 11) is 1.97. The SMILES string of the molecule is Cc1nn(C)c(C)[n+]1C(C)C. The highest BCUT2D eigenvalue weighted by molar-refractivity contribution is 4.74. The zero-order valence-corrected chi connectivity index (χ0v) is 7.92. The van der Waals surface area contributed by atoms with Crippen LogP contribution in [0.15, 0.2) is 0 Å².